The molecule has 190 valence electrons. The van der Waals surface area contributed by atoms with E-state index in [0.717, 1.165) is 17.7 Å². The Morgan fingerprint density at radius 1 is 1.06 bits per heavy atom. The van der Waals surface area contributed by atoms with Crippen molar-refractivity contribution in [2.45, 2.75) is 50.0 Å². The lowest BCUT2D eigenvalue weighted by Gasteiger charge is -2.45. The lowest BCUT2D eigenvalue weighted by molar-refractivity contribution is -0.302. The molecule has 3 saturated heterocycles. The van der Waals surface area contributed by atoms with Gasteiger partial charge in [-0.05, 0) is 30.5 Å². The van der Waals surface area contributed by atoms with Gasteiger partial charge in [-0.25, -0.2) is 4.79 Å². The number of amides is 1. The third-order valence-electron chi connectivity index (χ3n) is 6.70. The van der Waals surface area contributed by atoms with Crippen LogP contribution in [0, 0.1) is 5.92 Å². The Labute approximate surface area is 197 Å². The highest BCUT2D eigenvalue weighted by Gasteiger charge is 2.62. The smallest absolute Gasteiger partial charge is 0.407 e. The van der Waals surface area contributed by atoms with Crippen molar-refractivity contribution in [1.29, 1.82) is 0 Å². The molecule has 2 bridgehead atoms. The molecule has 4 rings (SSSR count). The zero-order chi connectivity index (χ0) is 24.8. The number of nitrogens with zero attached hydrogens (tertiary/aromatic N) is 3. The van der Waals surface area contributed by atoms with Crippen molar-refractivity contribution in [3.63, 3.8) is 0 Å². The average Bonchev–Trinajstić information content (AvgIpc) is 3.05. The number of benzene rings is 1. The van der Waals surface area contributed by atoms with Crippen LogP contribution in [0.4, 0.5) is 36.8 Å². The van der Waals surface area contributed by atoms with Gasteiger partial charge in [0.2, 0.25) is 0 Å². The number of piperazine rings is 1. The molecule has 0 spiro atoms. The van der Waals surface area contributed by atoms with Crippen LogP contribution in [-0.2, 0) is 11.3 Å². The van der Waals surface area contributed by atoms with Crippen molar-refractivity contribution < 1.29 is 41.0 Å². The van der Waals surface area contributed by atoms with E-state index in [1.165, 1.54) is 0 Å². The van der Waals surface area contributed by atoms with Gasteiger partial charge >= 0.3 is 18.4 Å². The van der Waals surface area contributed by atoms with Gasteiger partial charge in [-0.2, -0.15) is 26.3 Å². The summed E-state index contributed by atoms with van der Waals surface area (Å²) in [6, 6.07) is 2.69. The van der Waals surface area contributed by atoms with Crippen LogP contribution in [0.5, 0.6) is 0 Å². The molecular formula is C21H24ClF6N3O3. The molecule has 6 nitrogen and oxygen atoms in total. The Morgan fingerprint density at radius 3 is 2.24 bits per heavy atom. The summed E-state index contributed by atoms with van der Waals surface area (Å²) >= 11 is 6.18. The van der Waals surface area contributed by atoms with Crippen LogP contribution in [0.25, 0.3) is 0 Å². The van der Waals surface area contributed by atoms with Gasteiger partial charge < -0.3 is 19.6 Å². The lowest BCUT2D eigenvalue weighted by Crippen LogP contribution is -2.62. The molecule has 3 fully saturated rings. The highest BCUT2D eigenvalue weighted by molar-refractivity contribution is 6.30. The number of carbonyl (C=O) groups is 1. The van der Waals surface area contributed by atoms with Crippen molar-refractivity contribution in [1.82, 2.24) is 9.80 Å². The molecule has 0 radical (unpaired) electrons. The second-order valence-electron chi connectivity index (χ2n) is 8.96. The number of halogens is 7. The van der Waals surface area contributed by atoms with Gasteiger partial charge in [-0.1, -0.05) is 17.7 Å². The number of rotatable bonds is 4. The minimum Gasteiger partial charge on any atom is -0.465 e. The summed E-state index contributed by atoms with van der Waals surface area (Å²) in [5.41, 5.74) is 1.17. The first-order chi connectivity index (χ1) is 15.8. The highest BCUT2D eigenvalue weighted by Crippen LogP contribution is 2.44. The topological polar surface area (TPSA) is 56.2 Å². The van der Waals surface area contributed by atoms with Gasteiger partial charge in [0.25, 0.3) is 0 Å². The first kappa shape index (κ1) is 25.2. The van der Waals surface area contributed by atoms with Gasteiger partial charge in [0.1, 0.15) is 0 Å². The maximum absolute atomic E-state index is 13.6. The molecule has 3 heterocycles. The number of morpholine rings is 1. The van der Waals surface area contributed by atoms with E-state index in [0.29, 0.717) is 34.3 Å². The minimum atomic E-state index is -5.59. The van der Waals surface area contributed by atoms with E-state index in [9.17, 15) is 36.2 Å². The van der Waals surface area contributed by atoms with Crippen molar-refractivity contribution >= 4 is 23.4 Å². The van der Waals surface area contributed by atoms with Gasteiger partial charge in [0, 0.05) is 56.0 Å². The fraction of sp³-hybridized carbons (Fsp3) is 0.667. The normalized spacial score (nSPS) is 26.4. The largest absolute Gasteiger partial charge is 0.465 e. The lowest BCUT2D eigenvalue weighted by atomic mass is 9.93. The first-order valence-corrected chi connectivity index (χ1v) is 11.2. The number of ether oxygens (including phenoxy) is 1. The van der Waals surface area contributed by atoms with E-state index in [-0.39, 0.29) is 31.8 Å². The molecule has 1 aromatic rings. The first-order valence-electron chi connectivity index (χ1n) is 10.9. The number of carboxylic acid groups (broad SMARTS) is 1. The quantitative estimate of drug-likeness (QED) is 0.594. The number of hydrogen-bond acceptors (Lipinski definition) is 4. The molecule has 3 atom stereocenters. The molecule has 0 aliphatic carbocycles. The molecule has 1 aromatic carbocycles. The van der Waals surface area contributed by atoms with Crippen molar-refractivity contribution in [3.8, 4) is 0 Å². The molecule has 0 saturated carbocycles. The predicted octanol–water partition coefficient (Wildman–Crippen LogP) is 4.61. The van der Waals surface area contributed by atoms with Crippen molar-refractivity contribution in [3.05, 3.63) is 28.8 Å². The Hall–Kier alpha value is -1.92. The maximum atomic E-state index is 13.6. The third kappa shape index (κ3) is 5.33. The van der Waals surface area contributed by atoms with E-state index in [4.69, 9.17) is 16.3 Å². The second kappa shape index (κ2) is 9.27. The molecule has 13 heteroatoms. The van der Waals surface area contributed by atoms with Gasteiger partial charge in [-0.15, -0.1) is 0 Å². The SMILES string of the molecule is O=C(O)N1CCN(Cc2ccc(Cl)cc2N2CC3CCC(C2)O3)C(C(C(F)(F)F)C(F)(F)F)C1. The zero-order valence-corrected chi connectivity index (χ0v) is 18.7. The predicted molar refractivity (Wildman–Crippen MR) is 111 cm³/mol. The Morgan fingerprint density at radius 2 is 1.68 bits per heavy atom. The van der Waals surface area contributed by atoms with Crippen molar-refractivity contribution in [2.75, 3.05) is 37.6 Å². The standard InChI is InChI=1S/C21H24ClF6N3O3/c22-13-2-1-12(16(7-13)31-9-14-3-4-15(10-31)34-14)8-29-5-6-30(19(32)33)11-17(29)18(20(23,24)25)21(26,27)28/h1-2,7,14-15,17-18H,3-6,8-11H2,(H,32,33). The van der Waals surface area contributed by atoms with Crippen LogP contribution in [0.2, 0.25) is 5.02 Å². The molecule has 3 aliphatic heterocycles. The maximum Gasteiger partial charge on any atom is 0.407 e. The summed E-state index contributed by atoms with van der Waals surface area (Å²) in [6.07, 6.45) is -10.9. The fourth-order valence-electron chi connectivity index (χ4n) is 5.15. The minimum absolute atomic E-state index is 0.0114. The molecule has 3 aliphatic rings. The Kier molecular flexibility index (Phi) is 6.87. The number of anilines is 1. The summed E-state index contributed by atoms with van der Waals surface area (Å²) in [6.45, 7) is -0.472. The molecule has 1 amide bonds. The second-order valence-corrected chi connectivity index (χ2v) is 9.40. The Bertz CT molecular complexity index is 889. The van der Waals surface area contributed by atoms with E-state index in [2.05, 4.69) is 0 Å². The zero-order valence-electron chi connectivity index (χ0n) is 17.9. The monoisotopic (exact) mass is 515 g/mol. The number of hydrogen-bond donors (Lipinski definition) is 1. The number of fused-ring (bicyclic) bond motifs is 2. The van der Waals surface area contributed by atoms with Gasteiger partial charge in [0.05, 0.1) is 12.2 Å². The third-order valence-corrected chi connectivity index (χ3v) is 6.93. The van der Waals surface area contributed by atoms with E-state index in [1.54, 1.807) is 18.2 Å². The average molecular weight is 516 g/mol. The summed E-state index contributed by atoms with van der Waals surface area (Å²) in [5.74, 6) is -3.68. The number of alkyl halides is 6. The summed E-state index contributed by atoms with van der Waals surface area (Å²) < 4.78 is 87.5. The van der Waals surface area contributed by atoms with Crippen LogP contribution in [0.3, 0.4) is 0 Å². The molecule has 0 aromatic heterocycles. The molecule has 1 N–H and O–H groups in total. The Balaban J connectivity index is 1.65. The van der Waals surface area contributed by atoms with Crippen molar-refractivity contribution in [2.24, 2.45) is 5.92 Å². The summed E-state index contributed by atoms with van der Waals surface area (Å²) in [7, 11) is 0. The molecule has 34 heavy (non-hydrogen) atoms. The van der Waals surface area contributed by atoms with Crippen LogP contribution in [0.15, 0.2) is 18.2 Å². The van der Waals surface area contributed by atoms with E-state index in [1.807, 2.05) is 4.90 Å². The highest BCUT2D eigenvalue weighted by atomic mass is 35.5. The summed E-state index contributed by atoms with van der Waals surface area (Å²) in [5, 5.41) is 9.63. The summed E-state index contributed by atoms with van der Waals surface area (Å²) in [4.78, 5) is 15.1. The van der Waals surface area contributed by atoms with Crippen LogP contribution in [0.1, 0.15) is 18.4 Å². The van der Waals surface area contributed by atoms with Crippen LogP contribution >= 0.6 is 11.6 Å². The fourth-order valence-corrected chi connectivity index (χ4v) is 5.32. The molecule has 3 unspecified atom stereocenters. The van der Waals surface area contributed by atoms with E-state index >= 15 is 0 Å². The molecular weight excluding hydrogens is 492 g/mol. The van der Waals surface area contributed by atoms with Gasteiger partial charge in [0.15, 0.2) is 5.92 Å². The van der Waals surface area contributed by atoms with Crippen LogP contribution < -0.4 is 4.90 Å². The van der Waals surface area contributed by atoms with Crippen LogP contribution in [-0.4, -0.2) is 84.3 Å². The van der Waals surface area contributed by atoms with E-state index < -0.39 is 37.0 Å². The van der Waals surface area contributed by atoms with Gasteiger partial charge in [-0.3, -0.25) is 4.90 Å².